The van der Waals surface area contributed by atoms with Crippen molar-refractivity contribution in [3.05, 3.63) is 35.4 Å². The maximum atomic E-state index is 13.7. The number of carbonyl (C=O) groups is 4. The van der Waals surface area contributed by atoms with Crippen LogP contribution in [0.5, 0.6) is 0 Å². The zero-order valence-electron chi connectivity index (χ0n) is 23.7. The molecule has 2 N–H and O–H groups in total. The number of rotatable bonds is 6. The molecule has 4 amide bonds. The van der Waals surface area contributed by atoms with Gasteiger partial charge in [-0.1, -0.05) is 24.3 Å². The molecule has 2 fully saturated rings. The maximum absolute atomic E-state index is 13.7. The van der Waals surface area contributed by atoms with Gasteiger partial charge in [0.15, 0.2) is 0 Å². The van der Waals surface area contributed by atoms with Crippen LogP contribution in [0.25, 0.3) is 0 Å². The fraction of sp³-hybridized carbons (Fsp3) is 0.655. The van der Waals surface area contributed by atoms with Gasteiger partial charge < -0.3 is 20.3 Å². The molecule has 0 saturated carbocycles. The third-order valence-corrected chi connectivity index (χ3v) is 9.19. The van der Waals surface area contributed by atoms with Crippen LogP contribution in [0, 0.1) is 5.92 Å². The predicted octanol–water partition coefficient (Wildman–Crippen LogP) is 3.62. The van der Waals surface area contributed by atoms with E-state index < -0.39 is 29.7 Å². The Morgan fingerprint density at radius 2 is 1.90 bits per heavy atom. The van der Waals surface area contributed by atoms with Crippen LogP contribution in [0.4, 0.5) is 4.79 Å². The van der Waals surface area contributed by atoms with Crippen molar-refractivity contribution in [2.45, 2.75) is 95.3 Å². The summed E-state index contributed by atoms with van der Waals surface area (Å²) in [6, 6.07) is 6.96. The lowest BCUT2D eigenvalue weighted by atomic mass is 9.87. The SMILES string of the molecule is C[C@@H](C(=O)NC[C@H]1CCS[C@H]2CC[C@@H](C(=O)N[C@@H]3CCCc4ccccc43)N2C1=O)N(C)C(=O)OC(C)(C)C. The van der Waals surface area contributed by atoms with E-state index in [1.165, 1.54) is 23.1 Å². The third kappa shape index (κ3) is 6.88. The molecule has 9 nitrogen and oxygen atoms in total. The van der Waals surface area contributed by atoms with E-state index in [1.807, 2.05) is 12.1 Å². The molecule has 10 heteroatoms. The summed E-state index contributed by atoms with van der Waals surface area (Å²) in [6.07, 6.45) is 4.41. The summed E-state index contributed by atoms with van der Waals surface area (Å²) in [5.74, 6) is -0.165. The lowest BCUT2D eigenvalue weighted by molar-refractivity contribution is -0.142. The number of amides is 4. The number of hydrogen-bond acceptors (Lipinski definition) is 6. The topological polar surface area (TPSA) is 108 Å². The summed E-state index contributed by atoms with van der Waals surface area (Å²) in [5.41, 5.74) is 1.79. The first-order valence-electron chi connectivity index (χ1n) is 14.0. The second-order valence-corrected chi connectivity index (χ2v) is 13.1. The standard InChI is InChI=1S/C29H42N4O5S/c1-18(32(5)28(37)38-29(2,3)4)25(34)30-17-20-15-16-39-24-14-13-23(33(24)27(20)36)26(35)31-22-12-8-10-19-9-6-7-11-21(19)22/h6-7,9,11,18,20,22-24H,8,10,12-17H2,1-5H3,(H,30,34)(H,31,35)/t18-,20+,22+,23-,24-/m0/s1. The second kappa shape index (κ2) is 12.2. The Morgan fingerprint density at radius 3 is 2.64 bits per heavy atom. The molecule has 1 aromatic rings. The van der Waals surface area contributed by atoms with E-state index in [9.17, 15) is 19.2 Å². The van der Waals surface area contributed by atoms with Crippen molar-refractivity contribution in [3.8, 4) is 0 Å². The number of thioether (sulfide) groups is 1. The fourth-order valence-electron chi connectivity index (χ4n) is 5.58. The summed E-state index contributed by atoms with van der Waals surface area (Å²) in [7, 11) is 1.52. The van der Waals surface area contributed by atoms with Crippen molar-refractivity contribution in [3.63, 3.8) is 0 Å². The number of ether oxygens (including phenoxy) is 1. The highest BCUT2D eigenvalue weighted by Crippen LogP contribution is 2.38. The summed E-state index contributed by atoms with van der Waals surface area (Å²) < 4.78 is 5.36. The van der Waals surface area contributed by atoms with Gasteiger partial charge in [-0.25, -0.2) is 4.79 Å². The van der Waals surface area contributed by atoms with Gasteiger partial charge in [-0.15, -0.1) is 11.8 Å². The number of fused-ring (bicyclic) bond motifs is 2. The van der Waals surface area contributed by atoms with Crippen molar-refractivity contribution in [1.82, 2.24) is 20.4 Å². The third-order valence-electron chi connectivity index (χ3n) is 7.87. The quantitative estimate of drug-likeness (QED) is 0.552. The first-order chi connectivity index (χ1) is 18.5. The Balaban J connectivity index is 1.37. The minimum atomic E-state index is -0.758. The molecule has 1 aromatic carbocycles. The zero-order valence-corrected chi connectivity index (χ0v) is 24.5. The Hall–Kier alpha value is -2.75. The Kier molecular flexibility index (Phi) is 9.14. The smallest absolute Gasteiger partial charge is 0.410 e. The highest BCUT2D eigenvalue weighted by molar-refractivity contribution is 7.99. The Bertz CT molecular complexity index is 1090. The molecular formula is C29H42N4O5S. The number of nitrogens with one attached hydrogen (secondary N) is 2. The monoisotopic (exact) mass is 558 g/mol. The summed E-state index contributed by atoms with van der Waals surface area (Å²) in [5, 5.41) is 6.09. The van der Waals surface area contributed by atoms with Gasteiger partial charge in [0, 0.05) is 13.6 Å². The van der Waals surface area contributed by atoms with Crippen LogP contribution >= 0.6 is 11.8 Å². The number of likely N-dealkylation sites (N-methyl/N-ethyl adjacent to an activating group) is 1. The first-order valence-corrected chi connectivity index (χ1v) is 15.1. The van der Waals surface area contributed by atoms with Gasteiger partial charge in [-0.3, -0.25) is 19.3 Å². The summed E-state index contributed by atoms with van der Waals surface area (Å²) in [6.45, 7) is 7.10. The van der Waals surface area contributed by atoms with Gasteiger partial charge in [-0.2, -0.15) is 0 Å². The van der Waals surface area contributed by atoms with Gasteiger partial charge >= 0.3 is 6.09 Å². The number of carbonyl (C=O) groups excluding carboxylic acids is 4. The van der Waals surface area contributed by atoms with Crippen molar-refractivity contribution in [1.29, 1.82) is 0 Å². The first kappa shape index (κ1) is 29.2. The Labute approximate surface area is 235 Å². The molecule has 214 valence electrons. The molecule has 5 atom stereocenters. The van der Waals surface area contributed by atoms with Crippen molar-refractivity contribution in [2.24, 2.45) is 5.92 Å². The number of nitrogens with zero attached hydrogens (tertiary/aromatic N) is 2. The molecule has 0 spiro atoms. The number of aryl methyl sites for hydroxylation is 1. The van der Waals surface area contributed by atoms with Gasteiger partial charge in [0.05, 0.1) is 17.3 Å². The minimum absolute atomic E-state index is 0.0233. The number of hydrogen-bond donors (Lipinski definition) is 2. The molecule has 0 radical (unpaired) electrons. The normalized spacial score (nSPS) is 25.6. The van der Waals surface area contributed by atoms with Crippen molar-refractivity contribution < 1.29 is 23.9 Å². The molecule has 0 unspecified atom stereocenters. The average molecular weight is 559 g/mol. The average Bonchev–Trinajstić information content (AvgIpc) is 3.25. The predicted molar refractivity (Wildman–Crippen MR) is 151 cm³/mol. The molecule has 2 heterocycles. The molecule has 0 aromatic heterocycles. The van der Waals surface area contributed by atoms with Crippen LogP contribution in [0.2, 0.25) is 0 Å². The maximum Gasteiger partial charge on any atom is 0.410 e. The van der Waals surface area contributed by atoms with Gasteiger partial charge in [0.25, 0.3) is 0 Å². The van der Waals surface area contributed by atoms with Crippen LogP contribution in [0.1, 0.15) is 77.0 Å². The lowest BCUT2D eigenvalue weighted by Crippen LogP contribution is -2.52. The van der Waals surface area contributed by atoms with Crippen LogP contribution in [-0.4, -0.2) is 76.0 Å². The lowest BCUT2D eigenvalue weighted by Gasteiger charge is -2.32. The van der Waals surface area contributed by atoms with E-state index in [0.29, 0.717) is 12.8 Å². The fourth-order valence-corrected chi connectivity index (χ4v) is 6.98. The van der Waals surface area contributed by atoms with Crippen LogP contribution in [0.15, 0.2) is 24.3 Å². The molecule has 1 aliphatic carbocycles. The largest absolute Gasteiger partial charge is 0.444 e. The summed E-state index contributed by atoms with van der Waals surface area (Å²) >= 11 is 1.72. The van der Waals surface area contributed by atoms with E-state index in [-0.39, 0.29) is 35.7 Å². The Morgan fingerprint density at radius 1 is 1.15 bits per heavy atom. The van der Waals surface area contributed by atoms with Gasteiger partial charge in [0.2, 0.25) is 17.7 Å². The van der Waals surface area contributed by atoms with Crippen LogP contribution in [0.3, 0.4) is 0 Å². The minimum Gasteiger partial charge on any atom is -0.444 e. The highest BCUT2D eigenvalue weighted by Gasteiger charge is 2.45. The summed E-state index contributed by atoms with van der Waals surface area (Å²) in [4.78, 5) is 55.5. The van der Waals surface area contributed by atoms with E-state index in [0.717, 1.165) is 31.4 Å². The molecule has 3 aliphatic rings. The molecule has 2 aliphatic heterocycles. The zero-order chi connectivity index (χ0) is 28.3. The van der Waals surface area contributed by atoms with Crippen LogP contribution < -0.4 is 10.6 Å². The molecule has 0 bridgehead atoms. The van der Waals surface area contributed by atoms with Gasteiger partial charge in [0.1, 0.15) is 17.7 Å². The van der Waals surface area contributed by atoms with Crippen molar-refractivity contribution in [2.75, 3.05) is 19.3 Å². The molecule has 39 heavy (non-hydrogen) atoms. The molecular weight excluding hydrogens is 516 g/mol. The van der Waals surface area contributed by atoms with E-state index in [1.54, 1.807) is 44.4 Å². The van der Waals surface area contributed by atoms with Crippen molar-refractivity contribution >= 4 is 35.6 Å². The molecule has 2 saturated heterocycles. The molecule has 4 rings (SSSR count). The van der Waals surface area contributed by atoms with Gasteiger partial charge in [-0.05, 0) is 83.1 Å². The van der Waals surface area contributed by atoms with E-state index in [2.05, 4.69) is 22.8 Å². The highest BCUT2D eigenvalue weighted by atomic mass is 32.2. The van der Waals surface area contributed by atoms with Crippen LogP contribution in [-0.2, 0) is 25.5 Å². The number of benzene rings is 1. The van der Waals surface area contributed by atoms with E-state index in [4.69, 9.17) is 4.74 Å². The second-order valence-electron chi connectivity index (χ2n) is 11.8. The van der Waals surface area contributed by atoms with E-state index >= 15 is 0 Å².